The quantitative estimate of drug-likeness (QED) is 0.185. The Labute approximate surface area is 264 Å². The van der Waals surface area contributed by atoms with Gasteiger partial charge in [-0.1, -0.05) is 35.3 Å². The fourth-order valence-corrected chi connectivity index (χ4v) is 4.57. The molecule has 2 aliphatic rings. The molecule has 2 saturated heterocycles. The van der Waals surface area contributed by atoms with Gasteiger partial charge in [0, 0.05) is 56.3 Å². The molecule has 2 fully saturated rings. The third kappa shape index (κ3) is 11.0. The van der Waals surface area contributed by atoms with Crippen molar-refractivity contribution in [1.82, 2.24) is 9.80 Å². The van der Waals surface area contributed by atoms with Crippen molar-refractivity contribution in [3.05, 3.63) is 57.0 Å². The van der Waals surface area contributed by atoms with Crippen molar-refractivity contribution < 1.29 is 17.6 Å². The molecule has 0 bridgehead atoms. The van der Waals surface area contributed by atoms with Crippen molar-refractivity contribution in [3.63, 3.8) is 0 Å². The molecule has 8 N–H and O–H groups in total. The number of alkyl halides is 4. The van der Waals surface area contributed by atoms with Gasteiger partial charge in [-0.15, -0.1) is 0 Å². The zero-order valence-electron chi connectivity index (χ0n) is 22.8. The smallest absolute Gasteiger partial charge is 0.251 e. The molecule has 0 aromatic heterocycles. The second-order valence-corrected chi connectivity index (χ2v) is 11.3. The largest absolute Gasteiger partial charge is 0.369 e. The highest BCUT2D eigenvalue weighted by Gasteiger charge is 2.35. The van der Waals surface area contributed by atoms with Gasteiger partial charge in [-0.2, -0.15) is 9.98 Å². The maximum Gasteiger partial charge on any atom is 0.251 e. The molecule has 43 heavy (non-hydrogen) atoms. The second-order valence-electron chi connectivity index (χ2n) is 9.62. The van der Waals surface area contributed by atoms with Crippen LogP contribution >= 0.6 is 39.1 Å². The van der Waals surface area contributed by atoms with Crippen LogP contribution in [0.25, 0.3) is 0 Å². The summed E-state index contributed by atoms with van der Waals surface area (Å²) >= 11 is 15.0. The average molecular weight is 710 g/mol. The standard InChI is InChI=1S/C13H16BrF2N5.C13H15Cl2F2N5/c14-9-3-1-2-4-10(9)19-11(17)20-12(18)21-7-5-13(15,16)6-8-21;14-9-2-1-8(7-10(9)15)20-11(18)21-12(19)22-5-3-13(16,17)4-6-22/h1-4H,5-8H2,(H4,17,18,19,20);1-2,7H,3-6H2,(H4,18,19,20,21). The number of halogens is 7. The van der Waals surface area contributed by atoms with Gasteiger partial charge in [0.25, 0.3) is 11.8 Å². The van der Waals surface area contributed by atoms with Gasteiger partial charge < -0.3 is 32.7 Å². The number of aliphatic imine (C=N–C) groups is 4. The van der Waals surface area contributed by atoms with Crippen LogP contribution in [0.15, 0.2) is 66.9 Å². The predicted octanol–water partition coefficient (Wildman–Crippen LogP) is 5.43. The molecule has 0 spiro atoms. The molecule has 0 saturated carbocycles. The van der Waals surface area contributed by atoms with Crippen LogP contribution in [-0.2, 0) is 0 Å². The van der Waals surface area contributed by atoms with Gasteiger partial charge in [-0.05, 0) is 46.3 Å². The maximum absolute atomic E-state index is 13.1. The van der Waals surface area contributed by atoms with Gasteiger partial charge in [0.1, 0.15) is 0 Å². The summed E-state index contributed by atoms with van der Waals surface area (Å²) in [4.78, 5) is 19.2. The molecule has 17 heteroatoms. The lowest BCUT2D eigenvalue weighted by molar-refractivity contribution is -0.0442. The molecule has 0 unspecified atom stereocenters. The number of para-hydroxylation sites is 1. The van der Waals surface area contributed by atoms with Crippen LogP contribution in [0.5, 0.6) is 0 Å². The Morgan fingerprint density at radius 2 is 1.16 bits per heavy atom. The molecular weight excluding hydrogens is 679 g/mol. The van der Waals surface area contributed by atoms with Crippen molar-refractivity contribution in [3.8, 4) is 0 Å². The van der Waals surface area contributed by atoms with Crippen LogP contribution in [0.3, 0.4) is 0 Å². The van der Waals surface area contributed by atoms with E-state index in [2.05, 4.69) is 35.9 Å². The number of piperidine rings is 2. The minimum Gasteiger partial charge on any atom is -0.369 e. The number of benzene rings is 2. The van der Waals surface area contributed by atoms with Crippen LogP contribution < -0.4 is 22.9 Å². The van der Waals surface area contributed by atoms with E-state index >= 15 is 0 Å². The van der Waals surface area contributed by atoms with Crippen LogP contribution in [0.4, 0.5) is 28.9 Å². The Morgan fingerprint density at radius 3 is 1.63 bits per heavy atom. The van der Waals surface area contributed by atoms with Gasteiger partial charge in [0.05, 0.1) is 21.4 Å². The first-order chi connectivity index (χ1) is 20.1. The molecule has 2 aliphatic heterocycles. The first-order valence-corrected chi connectivity index (χ1v) is 14.5. The Balaban J connectivity index is 0.000000236. The van der Waals surface area contributed by atoms with Gasteiger partial charge in [0.15, 0.2) is 11.9 Å². The summed E-state index contributed by atoms with van der Waals surface area (Å²) in [5.74, 6) is -5.19. The molecular formula is C26H31BrCl2F4N10. The Hall–Kier alpha value is -3.30. The van der Waals surface area contributed by atoms with Gasteiger partial charge >= 0.3 is 0 Å². The van der Waals surface area contributed by atoms with E-state index in [1.807, 2.05) is 18.2 Å². The highest BCUT2D eigenvalue weighted by atomic mass is 79.9. The third-order valence-corrected chi connectivity index (χ3v) is 7.74. The molecule has 0 aliphatic carbocycles. The van der Waals surface area contributed by atoms with Crippen molar-refractivity contribution in [1.29, 1.82) is 0 Å². The highest BCUT2D eigenvalue weighted by Crippen LogP contribution is 2.29. The first kappa shape index (κ1) is 34.2. The average Bonchev–Trinajstić information content (AvgIpc) is 2.92. The van der Waals surface area contributed by atoms with E-state index in [9.17, 15) is 17.6 Å². The number of nitrogens with two attached hydrogens (primary N) is 4. The van der Waals surface area contributed by atoms with E-state index in [0.717, 1.165) is 4.47 Å². The highest BCUT2D eigenvalue weighted by molar-refractivity contribution is 9.10. The number of guanidine groups is 4. The van der Waals surface area contributed by atoms with Crippen molar-refractivity contribution in [2.45, 2.75) is 37.5 Å². The third-order valence-electron chi connectivity index (χ3n) is 6.33. The lowest BCUT2D eigenvalue weighted by atomic mass is 10.1. The van der Waals surface area contributed by atoms with Crippen LogP contribution in [0.1, 0.15) is 25.7 Å². The minimum atomic E-state index is -2.64. The summed E-state index contributed by atoms with van der Waals surface area (Å²) < 4.78 is 53.1. The lowest BCUT2D eigenvalue weighted by Gasteiger charge is -2.32. The van der Waals surface area contributed by atoms with Crippen LogP contribution in [-0.4, -0.2) is 71.7 Å². The van der Waals surface area contributed by atoms with Crippen molar-refractivity contribution in [2.75, 3.05) is 26.2 Å². The zero-order chi connectivity index (χ0) is 31.8. The second kappa shape index (κ2) is 14.9. The molecule has 10 nitrogen and oxygen atoms in total. The van der Waals surface area contributed by atoms with Crippen LogP contribution in [0.2, 0.25) is 10.0 Å². The molecule has 2 aromatic carbocycles. The number of hydrogen-bond donors (Lipinski definition) is 4. The van der Waals surface area contributed by atoms with E-state index in [0.29, 0.717) is 21.4 Å². The van der Waals surface area contributed by atoms with E-state index < -0.39 is 11.8 Å². The number of nitrogens with zero attached hydrogens (tertiary/aromatic N) is 6. The SMILES string of the molecule is NC(=Nc1ccc(Cl)c(Cl)c1)N=C(N)N1CCC(F)(F)CC1.NC(=Nc1ccccc1Br)N=C(N)N1CCC(F)(F)CC1. The summed E-state index contributed by atoms with van der Waals surface area (Å²) in [6, 6.07) is 12.0. The fraction of sp³-hybridized carbons (Fsp3) is 0.385. The van der Waals surface area contributed by atoms with Gasteiger partial charge in [-0.3, -0.25) is 0 Å². The minimum absolute atomic E-state index is 0.0169. The molecule has 4 rings (SSSR count). The molecule has 2 heterocycles. The lowest BCUT2D eigenvalue weighted by Crippen LogP contribution is -2.46. The van der Waals surface area contributed by atoms with Crippen molar-refractivity contribution in [2.24, 2.45) is 42.9 Å². The molecule has 0 radical (unpaired) electrons. The Bertz CT molecular complexity index is 1380. The summed E-state index contributed by atoms with van der Waals surface area (Å²) in [6.07, 6.45) is -0.977. The fourth-order valence-electron chi connectivity index (χ4n) is 3.90. The molecule has 0 atom stereocenters. The summed E-state index contributed by atoms with van der Waals surface area (Å²) in [5.41, 5.74) is 24.1. The normalized spacial score (nSPS) is 19.5. The Morgan fingerprint density at radius 1 is 0.698 bits per heavy atom. The first-order valence-electron chi connectivity index (χ1n) is 13.0. The predicted molar refractivity (Wildman–Crippen MR) is 168 cm³/mol. The van der Waals surface area contributed by atoms with E-state index in [4.69, 9.17) is 46.1 Å². The van der Waals surface area contributed by atoms with E-state index in [-0.39, 0.29) is 75.7 Å². The number of hydrogen-bond acceptors (Lipinski definition) is 2. The molecule has 2 aromatic rings. The summed E-state index contributed by atoms with van der Waals surface area (Å²) in [7, 11) is 0. The number of rotatable bonds is 2. The monoisotopic (exact) mass is 708 g/mol. The summed E-state index contributed by atoms with van der Waals surface area (Å²) in [6.45, 7) is 0.570. The van der Waals surface area contributed by atoms with Gasteiger partial charge in [0.2, 0.25) is 11.9 Å². The van der Waals surface area contributed by atoms with Crippen LogP contribution in [0, 0.1) is 0 Å². The molecule has 234 valence electrons. The van der Waals surface area contributed by atoms with E-state index in [1.165, 1.54) is 6.07 Å². The topological polar surface area (TPSA) is 160 Å². The van der Waals surface area contributed by atoms with E-state index in [1.54, 1.807) is 28.0 Å². The zero-order valence-corrected chi connectivity index (χ0v) is 25.9. The maximum atomic E-state index is 13.1. The number of likely N-dealkylation sites (tertiary alicyclic amines) is 2. The Kier molecular flexibility index (Phi) is 11.9. The molecule has 0 amide bonds. The summed E-state index contributed by atoms with van der Waals surface area (Å²) in [5, 5.41) is 0.738. The van der Waals surface area contributed by atoms with Gasteiger partial charge in [-0.25, -0.2) is 27.5 Å². The van der Waals surface area contributed by atoms with Crippen molar-refractivity contribution >= 4 is 74.3 Å².